The molecule has 0 bridgehead atoms. The molecular formula is C22H25N3O3S2. The molecule has 1 aromatic carbocycles. The monoisotopic (exact) mass is 443 g/mol. The molecule has 0 radical (unpaired) electrons. The zero-order valence-corrected chi connectivity index (χ0v) is 18.6. The summed E-state index contributed by atoms with van der Waals surface area (Å²) in [6, 6.07) is 8.41. The summed E-state index contributed by atoms with van der Waals surface area (Å²) in [7, 11) is -3.61. The lowest BCUT2D eigenvalue weighted by atomic mass is 9.88. The van der Waals surface area contributed by atoms with E-state index in [4.69, 9.17) is 0 Å². The summed E-state index contributed by atoms with van der Waals surface area (Å²) < 4.78 is 27.4. The van der Waals surface area contributed by atoms with Crippen LogP contribution in [0.2, 0.25) is 0 Å². The molecule has 1 N–H and O–H groups in total. The summed E-state index contributed by atoms with van der Waals surface area (Å²) in [5.74, 6) is 0.178. The Morgan fingerprint density at radius 3 is 2.77 bits per heavy atom. The minimum Gasteiger partial charge on any atom is -0.312 e. The fraction of sp³-hybridized carbons (Fsp3) is 0.455. The lowest BCUT2D eigenvalue weighted by Crippen LogP contribution is -2.35. The van der Waals surface area contributed by atoms with E-state index in [2.05, 4.69) is 18.3 Å². The first-order valence-corrected chi connectivity index (χ1v) is 12.6. The Hall–Kier alpha value is -2.21. The van der Waals surface area contributed by atoms with Gasteiger partial charge in [-0.1, -0.05) is 19.4 Å². The van der Waals surface area contributed by atoms with Gasteiger partial charge in [0.1, 0.15) is 11.1 Å². The average Bonchev–Trinajstić information content (AvgIpc) is 3.10. The minimum absolute atomic E-state index is 0.136. The van der Waals surface area contributed by atoms with Crippen LogP contribution in [-0.2, 0) is 22.9 Å². The van der Waals surface area contributed by atoms with Crippen LogP contribution in [0.15, 0.2) is 29.2 Å². The molecule has 0 spiro atoms. The van der Waals surface area contributed by atoms with E-state index in [0.29, 0.717) is 29.6 Å². The Balaban J connectivity index is 1.58. The van der Waals surface area contributed by atoms with Crippen molar-refractivity contribution in [3.8, 4) is 6.07 Å². The van der Waals surface area contributed by atoms with Crippen molar-refractivity contribution in [2.75, 3.05) is 18.4 Å². The summed E-state index contributed by atoms with van der Waals surface area (Å²) in [5.41, 5.74) is 1.88. The third-order valence-electron chi connectivity index (χ3n) is 5.90. The van der Waals surface area contributed by atoms with Gasteiger partial charge in [0, 0.05) is 23.5 Å². The fourth-order valence-electron chi connectivity index (χ4n) is 4.18. The molecule has 6 nitrogen and oxygen atoms in total. The molecule has 1 saturated heterocycles. The van der Waals surface area contributed by atoms with Crippen LogP contribution in [0, 0.1) is 17.2 Å². The molecule has 2 heterocycles. The molecular weight excluding hydrogens is 418 g/mol. The van der Waals surface area contributed by atoms with E-state index in [1.54, 1.807) is 12.1 Å². The Morgan fingerprint density at radius 2 is 2.03 bits per heavy atom. The topological polar surface area (TPSA) is 90.3 Å². The second-order valence-electron chi connectivity index (χ2n) is 8.11. The SMILES string of the molecule is CC1CCc2c(sc(NC(=O)c3cccc(S(=O)(=O)N4CCCCC4)c3)c2C#N)C1. The number of piperidine rings is 1. The summed E-state index contributed by atoms with van der Waals surface area (Å²) in [6.45, 7) is 3.23. The molecule has 2 aliphatic rings. The number of rotatable bonds is 4. The largest absolute Gasteiger partial charge is 0.312 e. The maximum atomic E-state index is 12.9. The highest BCUT2D eigenvalue weighted by Crippen LogP contribution is 2.39. The lowest BCUT2D eigenvalue weighted by molar-refractivity contribution is 0.102. The zero-order chi connectivity index (χ0) is 21.3. The summed E-state index contributed by atoms with van der Waals surface area (Å²) >= 11 is 1.46. The van der Waals surface area contributed by atoms with Crippen LogP contribution < -0.4 is 5.32 Å². The quantitative estimate of drug-likeness (QED) is 0.768. The first kappa shape index (κ1) is 21.0. The van der Waals surface area contributed by atoms with E-state index in [-0.39, 0.29) is 10.5 Å². The van der Waals surface area contributed by atoms with Crippen molar-refractivity contribution in [1.82, 2.24) is 4.31 Å². The number of anilines is 1. The van der Waals surface area contributed by atoms with Crippen LogP contribution in [0.1, 0.15) is 59.0 Å². The van der Waals surface area contributed by atoms with E-state index >= 15 is 0 Å². The number of thiophene rings is 1. The number of carbonyl (C=O) groups is 1. The number of fused-ring (bicyclic) bond motifs is 1. The van der Waals surface area contributed by atoms with Gasteiger partial charge in [0.15, 0.2) is 0 Å². The predicted molar refractivity (Wildman–Crippen MR) is 117 cm³/mol. The van der Waals surface area contributed by atoms with Gasteiger partial charge in [-0.25, -0.2) is 8.42 Å². The number of benzene rings is 1. The smallest absolute Gasteiger partial charge is 0.256 e. The van der Waals surface area contributed by atoms with Crippen LogP contribution >= 0.6 is 11.3 Å². The van der Waals surface area contributed by atoms with Crippen molar-refractivity contribution in [3.05, 3.63) is 45.8 Å². The number of nitrogens with zero attached hydrogens (tertiary/aromatic N) is 2. The van der Waals surface area contributed by atoms with Crippen LogP contribution in [0.5, 0.6) is 0 Å². The third kappa shape index (κ3) is 4.02. The van der Waals surface area contributed by atoms with Gasteiger partial charge in [-0.05, 0) is 61.8 Å². The number of amides is 1. The van der Waals surface area contributed by atoms with Crippen molar-refractivity contribution >= 4 is 32.3 Å². The van der Waals surface area contributed by atoms with E-state index in [9.17, 15) is 18.5 Å². The van der Waals surface area contributed by atoms with Crippen LogP contribution in [-0.4, -0.2) is 31.7 Å². The predicted octanol–water partition coefficient (Wildman–Crippen LogP) is 4.17. The van der Waals surface area contributed by atoms with Gasteiger partial charge in [-0.15, -0.1) is 11.3 Å². The lowest BCUT2D eigenvalue weighted by Gasteiger charge is -2.26. The maximum Gasteiger partial charge on any atom is 0.256 e. The van der Waals surface area contributed by atoms with Gasteiger partial charge in [0.05, 0.1) is 10.5 Å². The Kier molecular flexibility index (Phi) is 5.96. The minimum atomic E-state index is -3.61. The molecule has 30 heavy (non-hydrogen) atoms. The van der Waals surface area contributed by atoms with Gasteiger partial charge in [0.2, 0.25) is 10.0 Å². The van der Waals surface area contributed by atoms with Gasteiger partial charge in [0.25, 0.3) is 5.91 Å². The van der Waals surface area contributed by atoms with Crippen molar-refractivity contribution in [2.24, 2.45) is 5.92 Å². The molecule has 1 atom stereocenters. The molecule has 1 fully saturated rings. The number of sulfonamides is 1. The molecule has 8 heteroatoms. The summed E-state index contributed by atoms with van der Waals surface area (Å²) in [5, 5.41) is 13.0. The van der Waals surface area contributed by atoms with Gasteiger partial charge in [-0.3, -0.25) is 4.79 Å². The standard InChI is InChI=1S/C22H25N3O3S2/c1-15-8-9-18-19(14-23)22(29-20(18)12-15)24-21(26)16-6-5-7-17(13-16)30(27,28)25-10-3-2-4-11-25/h5-7,13,15H,2-4,8-12H2,1H3,(H,24,26). The summed E-state index contributed by atoms with van der Waals surface area (Å²) in [6.07, 6.45) is 5.58. The van der Waals surface area contributed by atoms with Crippen LogP contribution in [0.25, 0.3) is 0 Å². The third-order valence-corrected chi connectivity index (χ3v) is 8.96. The maximum absolute atomic E-state index is 12.9. The van der Waals surface area contributed by atoms with Gasteiger partial charge < -0.3 is 5.32 Å². The highest BCUT2D eigenvalue weighted by Gasteiger charge is 2.28. The van der Waals surface area contributed by atoms with E-state index in [1.165, 1.54) is 32.7 Å². The number of hydrogen-bond acceptors (Lipinski definition) is 5. The van der Waals surface area contributed by atoms with E-state index in [1.807, 2.05) is 0 Å². The second kappa shape index (κ2) is 8.50. The molecule has 4 rings (SSSR count). The highest BCUT2D eigenvalue weighted by atomic mass is 32.2. The zero-order valence-electron chi connectivity index (χ0n) is 17.0. The normalized spacial score (nSPS) is 19.7. The summed E-state index contributed by atoms with van der Waals surface area (Å²) in [4.78, 5) is 14.2. The number of hydrogen-bond donors (Lipinski definition) is 1. The van der Waals surface area contributed by atoms with Crippen LogP contribution in [0.4, 0.5) is 5.00 Å². The first-order valence-electron chi connectivity index (χ1n) is 10.4. The Labute approximate surface area is 181 Å². The van der Waals surface area contributed by atoms with Crippen molar-refractivity contribution < 1.29 is 13.2 Å². The van der Waals surface area contributed by atoms with Crippen LogP contribution in [0.3, 0.4) is 0 Å². The molecule has 2 aromatic rings. The van der Waals surface area contributed by atoms with Gasteiger partial charge in [-0.2, -0.15) is 9.57 Å². The van der Waals surface area contributed by atoms with E-state index < -0.39 is 15.9 Å². The average molecular weight is 444 g/mol. The highest BCUT2D eigenvalue weighted by molar-refractivity contribution is 7.89. The van der Waals surface area contributed by atoms with E-state index in [0.717, 1.165) is 44.1 Å². The molecule has 1 aromatic heterocycles. The van der Waals surface area contributed by atoms with Crippen molar-refractivity contribution in [3.63, 3.8) is 0 Å². The fourth-order valence-corrected chi connectivity index (χ4v) is 7.10. The first-order chi connectivity index (χ1) is 14.4. The Bertz CT molecular complexity index is 1110. The molecule has 158 valence electrons. The van der Waals surface area contributed by atoms with Gasteiger partial charge >= 0.3 is 0 Å². The molecule has 1 amide bonds. The number of nitrogens with one attached hydrogen (secondary N) is 1. The second-order valence-corrected chi connectivity index (χ2v) is 11.2. The van der Waals surface area contributed by atoms with Crippen molar-refractivity contribution in [2.45, 2.75) is 50.3 Å². The molecule has 1 unspecified atom stereocenters. The number of carbonyl (C=O) groups excluding carboxylic acids is 1. The molecule has 0 saturated carbocycles. The molecule has 1 aliphatic heterocycles. The van der Waals surface area contributed by atoms with Crippen molar-refractivity contribution in [1.29, 1.82) is 5.26 Å². The Morgan fingerprint density at radius 1 is 1.27 bits per heavy atom. The number of nitriles is 1. The molecule has 1 aliphatic carbocycles.